The van der Waals surface area contributed by atoms with Crippen molar-refractivity contribution in [2.75, 3.05) is 13.2 Å². The third-order valence-electron chi connectivity index (χ3n) is 3.29. The van der Waals surface area contributed by atoms with Gasteiger partial charge >= 0.3 is 0 Å². The van der Waals surface area contributed by atoms with Crippen LogP contribution in [0.2, 0.25) is 0 Å². The number of halogens is 3. The average Bonchev–Trinajstić information content (AvgIpc) is 2.48. The summed E-state index contributed by atoms with van der Waals surface area (Å²) in [6.07, 6.45) is 0. The highest BCUT2D eigenvalue weighted by atomic mass is 79.9. The summed E-state index contributed by atoms with van der Waals surface area (Å²) in [4.78, 5) is 0. The first-order chi connectivity index (χ1) is 10.1. The van der Waals surface area contributed by atoms with Crippen LogP contribution < -0.4 is 15.2 Å². The van der Waals surface area contributed by atoms with Gasteiger partial charge in [0.05, 0.1) is 6.04 Å². The lowest BCUT2D eigenvalue weighted by molar-refractivity contribution is 0.171. The molecule has 0 saturated carbocycles. The lowest BCUT2D eigenvalue weighted by Gasteiger charge is -2.22. The van der Waals surface area contributed by atoms with Crippen LogP contribution in [0.15, 0.2) is 39.3 Å². The molecule has 0 aliphatic carbocycles. The lowest BCUT2D eigenvalue weighted by Crippen LogP contribution is -2.18. The molecule has 6 heteroatoms. The van der Waals surface area contributed by atoms with Crippen molar-refractivity contribution in [2.24, 2.45) is 5.73 Å². The van der Waals surface area contributed by atoms with Gasteiger partial charge in [0, 0.05) is 14.5 Å². The van der Waals surface area contributed by atoms with Crippen molar-refractivity contribution < 1.29 is 13.9 Å². The van der Waals surface area contributed by atoms with E-state index in [1.807, 2.05) is 0 Å². The van der Waals surface area contributed by atoms with Crippen LogP contribution in [-0.4, -0.2) is 13.2 Å². The molecule has 0 fully saturated rings. The number of nitrogens with two attached hydrogens (primary N) is 1. The Kier molecular flexibility index (Phi) is 4.19. The highest BCUT2D eigenvalue weighted by Gasteiger charge is 2.21. The van der Waals surface area contributed by atoms with Crippen LogP contribution in [0.4, 0.5) is 4.39 Å². The number of hydrogen-bond donors (Lipinski definition) is 1. The summed E-state index contributed by atoms with van der Waals surface area (Å²) in [5.41, 5.74) is 7.40. The number of benzene rings is 2. The zero-order chi connectivity index (χ0) is 15.0. The summed E-state index contributed by atoms with van der Waals surface area (Å²) < 4.78 is 26.6. The van der Waals surface area contributed by atoms with Crippen molar-refractivity contribution in [1.82, 2.24) is 0 Å². The molecule has 0 spiro atoms. The molecule has 1 aliphatic heterocycles. The standard InChI is InChI=1S/C15H12Br2FNO2/c16-8-1-2-12(18)10(5-8)15(19)9-6-13-14(7-11(9)17)21-4-3-20-13/h1-2,5-7,15H,3-4,19H2. The summed E-state index contributed by atoms with van der Waals surface area (Å²) in [5.74, 6) is 0.955. The van der Waals surface area contributed by atoms with Crippen molar-refractivity contribution in [3.63, 3.8) is 0 Å². The van der Waals surface area contributed by atoms with Crippen molar-refractivity contribution in [3.05, 3.63) is 56.2 Å². The number of rotatable bonds is 2. The molecule has 2 aromatic rings. The van der Waals surface area contributed by atoms with E-state index in [0.29, 0.717) is 30.3 Å². The van der Waals surface area contributed by atoms with Crippen LogP contribution in [-0.2, 0) is 0 Å². The predicted octanol–water partition coefficient (Wildman–Crippen LogP) is 4.17. The largest absolute Gasteiger partial charge is 0.486 e. The third kappa shape index (κ3) is 2.93. The van der Waals surface area contributed by atoms with Crippen LogP contribution in [0, 0.1) is 5.82 Å². The van der Waals surface area contributed by atoms with Gasteiger partial charge in [-0.3, -0.25) is 0 Å². The summed E-state index contributed by atoms with van der Waals surface area (Å²) in [7, 11) is 0. The van der Waals surface area contributed by atoms with Crippen LogP contribution in [0.25, 0.3) is 0 Å². The summed E-state index contributed by atoms with van der Waals surface area (Å²) in [6.45, 7) is 1.01. The molecule has 1 heterocycles. The lowest BCUT2D eigenvalue weighted by atomic mass is 9.98. The van der Waals surface area contributed by atoms with Crippen LogP contribution in [0.1, 0.15) is 17.2 Å². The maximum absolute atomic E-state index is 14.0. The number of hydrogen-bond acceptors (Lipinski definition) is 3. The van der Waals surface area contributed by atoms with Crippen molar-refractivity contribution in [2.45, 2.75) is 6.04 Å². The number of ether oxygens (including phenoxy) is 2. The average molecular weight is 417 g/mol. The minimum Gasteiger partial charge on any atom is -0.486 e. The van der Waals surface area contributed by atoms with Gasteiger partial charge in [0.2, 0.25) is 0 Å². The molecule has 0 aromatic heterocycles. The van der Waals surface area contributed by atoms with E-state index in [2.05, 4.69) is 31.9 Å². The van der Waals surface area contributed by atoms with E-state index in [4.69, 9.17) is 15.2 Å². The first-order valence-corrected chi connectivity index (χ1v) is 7.94. The molecule has 0 bridgehead atoms. The first-order valence-electron chi connectivity index (χ1n) is 6.36. The Morgan fingerprint density at radius 3 is 2.38 bits per heavy atom. The second-order valence-corrected chi connectivity index (χ2v) is 6.43. The predicted molar refractivity (Wildman–Crippen MR) is 85.3 cm³/mol. The first kappa shape index (κ1) is 14.8. The van der Waals surface area contributed by atoms with Gasteiger partial charge in [-0.05, 0) is 35.9 Å². The molecule has 1 unspecified atom stereocenters. The highest BCUT2D eigenvalue weighted by Crippen LogP contribution is 2.39. The van der Waals surface area contributed by atoms with Gasteiger partial charge in [-0.2, -0.15) is 0 Å². The topological polar surface area (TPSA) is 44.5 Å². The quantitative estimate of drug-likeness (QED) is 0.798. The van der Waals surface area contributed by atoms with Gasteiger partial charge in [-0.1, -0.05) is 31.9 Å². The molecule has 0 amide bonds. The Hall–Kier alpha value is -1.11. The molecule has 1 aliphatic rings. The highest BCUT2D eigenvalue weighted by molar-refractivity contribution is 9.10. The van der Waals surface area contributed by atoms with Crippen molar-refractivity contribution >= 4 is 31.9 Å². The fraction of sp³-hybridized carbons (Fsp3) is 0.200. The van der Waals surface area contributed by atoms with E-state index in [-0.39, 0.29) is 5.82 Å². The van der Waals surface area contributed by atoms with Gasteiger partial charge in [0.25, 0.3) is 0 Å². The molecule has 21 heavy (non-hydrogen) atoms. The number of fused-ring (bicyclic) bond motifs is 1. The summed E-state index contributed by atoms with van der Waals surface area (Å²) in [6, 6.07) is 7.72. The molecule has 0 saturated heterocycles. The van der Waals surface area contributed by atoms with Crippen LogP contribution in [0.5, 0.6) is 11.5 Å². The minimum absolute atomic E-state index is 0.340. The minimum atomic E-state index is -0.604. The van der Waals surface area contributed by atoms with E-state index in [1.165, 1.54) is 6.07 Å². The van der Waals surface area contributed by atoms with Gasteiger partial charge < -0.3 is 15.2 Å². The van der Waals surface area contributed by atoms with Crippen LogP contribution in [0.3, 0.4) is 0 Å². The monoisotopic (exact) mass is 415 g/mol. The molecule has 110 valence electrons. The fourth-order valence-electron chi connectivity index (χ4n) is 2.24. The Morgan fingerprint density at radius 1 is 1.00 bits per heavy atom. The zero-order valence-corrected chi connectivity index (χ0v) is 14.1. The van der Waals surface area contributed by atoms with E-state index in [9.17, 15) is 4.39 Å². The molecule has 3 nitrogen and oxygen atoms in total. The Morgan fingerprint density at radius 2 is 1.67 bits per heavy atom. The maximum atomic E-state index is 14.0. The van der Waals surface area contributed by atoms with Crippen molar-refractivity contribution in [3.8, 4) is 11.5 Å². The molecule has 0 radical (unpaired) electrons. The van der Waals surface area contributed by atoms with Gasteiger partial charge in [0.15, 0.2) is 11.5 Å². The van der Waals surface area contributed by atoms with E-state index in [0.717, 1.165) is 14.5 Å². The van der Waals surface area contributed by atoms with E-state index in [1.54, 1.807) is 24.3 Å². The Bertz CT molecular complexity index is 694. The molecule has 1 atom stereocenters. The summed E-state index contributed by atoms with van der Waals surface area (Å²) in [5, 5.41) is 0. The van der Waals surface area contributed by atoms with Crippen LogP contribution >= 0.6 is 31.9 Å². The second-order valence-electron chi connectivity index (χ2n) is 4.66. The Balaban J connectivity index is 2.05. The van der Waals surface area contributed by atoms with Gasteiger partial charge in [0.1, 0.15) is 19.0 Å². The molecular formula is C15H12Br2FNO2. The van der Waals surface area contributed by atoms with Gasteiger partial charge in [-0.15, -0.1) is 0 Å². The molecule has 2 aromatic carbocycles. The normalized spacial score (nSPS) is 14.9. The maximum Gasteiger partial charge on any atom is 0.162 e. The smallest absolute Gasteiger partial charge is 0.162 e. The van der Waals surface area contributed by atoms with E-state index < -0.39 is 6.04 Å². The molecular weight excluding hydrogens is 405 g/mol. The molecule has 2 N–H and O–H groups in total. The zero-order valence-electron chi connectivity index (χ0n) is 10.9. The second kappa shape index (κ2) is 5.94. The molecule has 3 rings (SSSR count). The summed E-state index contributed by atoms with van der Waals surface area (Å²) >= 11 is 6.80. The van der Waals surface area contributed by atoms with E-state index >= 15 is 0 Å². The van der Waals surface area contributed by atoms with Crippen molar-refractivity contribution in [1.29, 1.82) is 0 Å². The van der Waals surface area contributed by atoms with Gasteiger partial charge in [-0.25, -0.2) is 4.39 Å². The SMILES string of the molecule is NC(c1cc(Br)ccc1F)c1cc2c(cc1Br)OCCO2. The Labute approximate surface area is 138 Å². The third-order valence-corrected chi connectivity index (χ3v) is 4.47. The fourth-order valence-corrected chi connectivity index (χ4v) is 3.19.